The molecule has 4 heteroatoms. The smallest absolute Gasteiger partial charge is 0.144 e. The van der Waals surface area contributed by atoms with Crippen LogP contribution >= 0.6 is 15.9 Å². The van der Waals surface area contributed by atoms with E-state index < -0.39 is 0 Å². The van der Waals surface area contributed by atoms with Crippen LogP contribution in [0.25, 0.3) is 0 Å². The Kier molecular flexibility index (Phi) is 5.22. The zero-order valence-corrected chi connectivity index (χ0v) is 13.8. The van der Waals surface area contributed by atoms with Gasteiger partial charge < -0.3 is 10.1 Å². The lowest BCUT2D eigenvalue weighted by molar-refractivity contribution is -0.129. The molecule has 0 amide bonds. The predicted octanol–water partition coefficient (Wildman–Crippen LogP) is 3.35. The van der Waals surface area contributed by atoms with E-state index in [4.69, 9.17) is 4.74 Å². The fourth-order valence-electron chi connectivity index (χ4n) is 2.90. The van der Waals surface area contributed by atoms with Crippen LogP contribution in [0.5, 0.6) is 5.75 Å². The maximum atomic E-state index is 12.7. The Morgan fingerprint density at radius 2 is 2.30 bits per heavy atom. The number of piperidine rings is 1. The molecular weight excluding hydrogens is 318 g/mol. The van der Waals surface area contributed by atoms with Gasteiger partial charge in [-0.3, -0.25) is 4.79 Å². The first-order valence-corrected chi connectivity index (χ1v) is 7.97. The van der Waals surface area contributed by atoms with E-state index in [1.807, 2.05) is 18.2 Å². The molecule has 1 aliphatic rings. The molecule has 1 atom stereocenters. The van der Waals surface area contributed by atoms with E-state index in [0.29, 0.717) is 12.2 Å². The average Bonchev–Trinajstić information content (AvgIpc) is 2.48. The van der Waals surface area contributed by atoms with Crippen molar-refractivity contribution in [2.24, 2.45) is 5.41 Å². The number of hydrogen-bond acceptors (Lipinski definition) is 3. The largest absolute Gasteiger partial charge is 0.496 e. The van der Waals surface area contributed by atoms with Gasteiger partial charge in [-0.25, -0.2) is 0 Å². The van der Waals surface area contributed by atoms with E-state index >= 15 is 0 Å². The normalized spacial score (nSPS) is 22.6. The molecule has 20 heavy (non-hydrogen) atoms. The summed E-state index contributed by atoms with van der Waals surface area (Å²) in [7, 11) is 1.64. The van der Waals surface area contributed by atoms with Gasteiger partial charge in [0, 0.05) is 18.4 Å². The van der Waals surface area contributed by atoms with Crippen molar-refractivity contribution in [2.75, 3.05) is 20.2 Å². The van der Waals surface area contributed by atoms with Gasteiger partial charge in [0.15, 0.2) is 0 Å². The summed E-state index contributed by atoms with van der Waals surface area (Å²) < 4.78 is 6.12. The molecule has 0 aliphatic carbocycles. The number of methoxy groups -OCH3 is 1. The van der Waals surface area contributed by atoms with Crippen molar-refractivity contribution in [1.82, 2.24) is 5.32 Å². The minimum atomic E-state index is -0.176. The number of nitrogens with one attached hydrogen (secondary N) is 1. The van der Waals surface area contributed by atoms with Crippen LogP contribution in [0.3, 0.4) is 0 Å². The topological polar surface area (TPSA) is 38.3 Å². The number of halogens is 1. The van der Waals surface area contributed by atoms with Gasteiger partial charge in [0.05, 0.1) is 11.6 Å². The molecule has 2 rings (SSSR count). The second-order valence-electron chi connectivity index (χ2n) is 5.48. The van der Waals surface area contributed by atoms with Gasteiger partial charge >= 0.3 is 0 Å². The number of carbonyl (C=O) groups excluding carboxylic acids is 1. The molecule has 0 aromatic heterocycles. The lowest BCUT2D eigenvalue weighted by atomic mass is 9.73. The Labute approximate surface area is 129 Å². The van der Waals surface area contributed by atoms with Gasteiger partial charge in [0.25, 0.3) is 0 Å². The Morgan fingerprint density at radius 3 is 2.85 bits per heavy atom. The van der Waals surface area contributed by atoms with Crippen molar-refractivity contribution in [1.29, 1.82) is 0 Å². The quantitative estimate of drug-likeness (QED) is 0.893. The first-order chi connectivity index (χ1) is 9.61. The highest BCUT2D eigenvalue weighted by Crippen LogP contribution is 2.33. The minimum Gasteiger partial charge on any atom is -0.496 e. The van der Waals surface area contributed by atoms with Crippen LogP contribution in [-0.4, -0.2) is 26.0 Å². The molecule has 1 heterocycles. The van der Waals surface area contributed by atoms with Crippen molar-refractivity contribution < 1.29 is 9.53 Å². The van der Waals surface area contributed by atoms with Crippen LogP contribution in [0.15, 0.2) is 22.7 Å². The van der Waals surface area contributed by atoms with Crippen LogP contribution in [0.1, 0.15) is 31.7 Å². The Morgan fingerprint density at radius 1 is 1.50 bits per heavy atom. The van der Waals surface area contributed by atoms with Crippen LogP contribution in [-0.2, 0) is 11.2 Å². The van der Waals surface area contributed by atoms with Crippen molar-refractivity contribution >= 4 is 21.7 Å². The van der Waals surface area contributed by atoms with Crippen LogP contribution in [0.2, 0.25) is 0 Å². The second kappa shape index (κ2) is 6.72. The second-order valence-corrected chi connectivity index (χ2v) is 6.34. The summed E-state index contributed by atoms with van der Waals surface area (Å²) in [6.07, 6.45) is 3.51. The van der Waals surface area contributed by atoms with Crippen LogP contribution < -0.4 is 10.1 Å². The zero-order chi connectivity index (χ0) is 14.6. The molecular formula is C16H22BrNO2. The monoisotopic (exact) mass is 339 g/mol. The highest BCUT2D eigenvalue weighted by molar-refractivity contribution is 9.10. The third-order valence-corrected chi connectivity index (χ3v) is 4.94. The number of hydrogen-bond donors (Lipinski definition) is 1. The zero-order valence-electron chi connectivity index (χ0n) is 12.2. The fourth-order valence-corrected chi connectivity index (χ4v) is 3.49. The predicted molar refractivity (Wildman–Crippen MR) is 84.2 cm³/mol. The molecule has 1 aliphatic heterocycles. The average molecular weight is 340 g/mol. The summed E-state index contributed by atoms with van der Waals surface area (Å²) in [6.45, 7) is 3.97. The molecule has 1 unspecified atom stereocenters. The maximum Gasteiger partial charge on any atom is 0.144 e. The van der Waals surface area contributed by atoms with E-state index in [-0.39, 0.29) is 5.41 Å². The number of rotatable bonds is 5. The molecule has 0 saturated carbocycles. The van der Waals surface area contributed by atoms with E-state index in [9.17, 15) is 4.79 Å². The first kappa shape index (κ1) is 15.5. The van der Waals surface area contributed by atoms with E-state index in [0.717, 1.165) is 48.1 Å². The summed E-state index contributed by atoms with van der Waals surface area (Å²) in [4.78, 5) is 12.7. The third kappa shape index (κ3) is 3.23. The standard InChI is InChI=1S/C16H22BrNO2/c1-3-16(7-4-8-18-11-16)15(19)10-12-5-6-14(20-2)13(17)9-12/h5-6,9,18H,3-4,7-8,10-11H2,1-2H3. The number of carbonyl (C=O) groups is 1. The molecule has 0 radical (unpaired) electrons. The summed E-state index contributed by atoms with van der Waals surface area (Å²) in [5.41, 5.74) is 0.867. The lowest BCUT2D eigenvalue weighted by Gasteiger charge is -2.35. The van der Waals surface area contributed by atoms with Crippen molar-refractivity contribution in [2.45, 2.75) is 32.6 Å². The number of Topliss-reactive ketones (excluding diaryl/α,β-unsaturated/α-hetero) is 1. The van der Waals surface area contributed by atoms with Gasteiger partial charge in [-0.2, -0.15) is 0 Å². The molecule has 0 bridgehead atoms. The number of ether oxygens (including phenoxy) is 1. The van der Waals surface area contributed by atoms with E-state index in [1.165, 1.54) is 0 Å². The van der Waals surface area contributed by atoms with E-state index in [2.05, 4.69) is 28.2 Å². The van der Waals surface area contributed by atoms with E-state index in [1.54, 1.807) is 7.11 Å². The number of benzene rings is 1. The minimum absolute atomic E-state index is 0.176. The van der Waals surface area contributed by atoms with Crippen LogP contribution in [0.4, 0.5) is 0 Å². The third-order valence-electron chi connectivity index (χ3n) is 4.32. The highest BCUT2D eigenvalue weighted by Gasteiger charge is 2.37. The molecule has 1 N–H and O–H groups in total. The first-order valence-electron chi connectivity index (χ1n) is 7.18. The SMILES string of the molecule is CCC1(C(=O)Cc2ccc(OC)c(Br)c2)CCCNC1. The molecule has 1 aromatic rings. The number of ketones is 1. The van der Waals surface area contributed by atoms with Crippen LogP contribution in [0, 0.1) is 5.41 Å². The molecule has 1 fully saturated rings. The molecule has 0 spiro atoms. The molecule has 3 nitrogen and oxygen atoms in total. The van der Waals surface area contributed by atoms with Gasteiger partial charge in [0.2, 0.25) is 0 Å². The Hall–Kier alpha value is -0.870. The van der Waals surface area contributed by atoms with Gasteiger partial charge in [-0.1, -0.05) is 13.0 Å². The van der Waals surface area contributed by atoms with Gasteiger partial charge in [-0.15, -0.1) is 0 Å². The molecule has 110 valence electrons. The van der Waals surface area contributed by atoms with Crippen molar-refractivity contribution in [3.8, 4) is 5.75 Å². The fraction of sp³-hybridized carbons (Fsp3) is 0.562. The Balaban J connectivity index is 2.12. The van der Waals surface area contributed by atoms with Crippen molar-refractivity contribution in [3.05, 3.63) is 28.2 Å². The summed E-state index contributed by atoms with van der Waals surface area (Å²) in [5, 5.41) is 3.37. The molecule has 1 aromatic carbocycles. The summed E-state index contributed by atoms with van der Waals surface area (Å²) in [5.74, 6) is 1.15. The molecule has 1 saturated heterocycles. The van der Waals surface area contributed by atoms with Gasteiger partial charge in [0.1, 0.15) is 11.5 Å². The Bertz CT molecular complexity index is 481. The summed E-state index contributed by atoms with van der Waals surface area (Å²) >= 11 is 3.48. The van der Waals surface area contributed by atoms with Gasteiger partial charge in [-0.05, 0) is 59.4 Å². The van der Waals surface area contributed by atoms with Crippen molar-refractivity contribution in [3.63, 3.8) is 0 Å². The highest BCUT2D eigenvalue weighted by atomic mass is 79.9. The lowest BCUT2D eigenvalue weighted by Crippen LogP contribution is -2.45. The maximum absolute atomic E-state index is 12.7. The summed E-state index contributed by atoms with van der Waals surface area (Å²) in [6, 6.07) is 5.86.